The average Bonchev–Trinajstić information content (AvgIpc) is 2.03. The van der Waals surface area contributed by atoms with Crippen molar-refractivity contribution in [1.82, 2.24) is 4.98 Å². The number of aliphatic hydroxyl groups is 1. The minimum absolute atomic E-state index is 0.0376. The van der Waals surface area contributed by atoms with E-state index in [2.05, 4.69) is 4.98 Å². The minimum Gasteiger partial charge on any atom is -0.391 e. The number of aromatic nitrogens is 1. The molecule has 0 unspecified atom stereocenters. The lowest BCUT2D eigenvalue weighted by Crippen LogP contribution is -2.02. The Morgan fingerprint density at radius 2 is 2.15 bits per heavy atom. The minimum atomic E-state index is -2.79. The third-order valence-corrected chi connectivity index (χ3v) is 1.70. The summed E-state index contributed by atoms with van der Waals surface area (Å²) in [7, 11) is 0. The zero-order valence-electron chi connectivity index (χ0n) is 6.89. The van der Waals surface area contributed by atoms with Crippen LogP contribution in [0.25, 0.3) is 0 Å². The van der Waals surface area contributed by atoms with Crippen molar-refractivity contribution in [2.75, 3.05) is 0 Å². The molecule has 72 valence electrons. The average molecular weight is 191 g/mol. The Labute approximate surface area is 73.0 Å². The van der Waals surface area contributed by atoms with Crippen LogP contribution in [0.3, 0.4) is 0 Å². The highest BCUT2D eigenvalue weighted by Gasteiger charge is 2.14. The van der Waals surface area contributed by atoms with E-state index in [1.165, 1.54) is 6.92 Å². The fourth-order valence-electron chi connectivity index (χ4n) is 0.986. The molecule has 1 rings (SSSR count). The smallest absolute Gasteiger partial charge is 0.280 e. The summed E-state index contributed by atoms with van der Waals surface area (Å²) < 4.78 is 37.0. The third-order valence-electron chi connectivity index (χ3n) is 1.70. The number of halogens is 3. The van der Waals surface area contributed by atoms with Gasteiger partial charge in [-0.3, -0.25) is 0 Å². The maximum absolute atomic E-state index is 12.9. The number of alkyl halides is 2. The summed E-state index contributed by atoms with van der Waals surface area (Å²) in [6.45, 7) is 0.913. The molecule has 0 aromatic carbocycles. The summed E-state index contributed by atoms with van der Waals surface area (Å²) >= 11 is 0. The molecule has 0 aliphatic heterocycles. The normalized spacial score (nSPS) is 10.9. The lowest BCUT2D eigenvalue weighted by molar-refractivity contribution is 0.144. The van der Waals surface area contributed by atoms with E-state index in [0.717, 1.165) is 6.07 Å². The molecule has 0 aliphatic rings. The Balaban J connectivity index is 3.20. The largest absolute Gasteiger partial charge is 0.391 e. The molecule has 0 saturated carbocycles. The van der Waals surface area contributed by atoms with Gasteiger partial charge in [-0.25, -0.2) is 13.8 Å². The molecule has 13 heavy (non-hydrogen) atoms. The first-order chi connectivity index (χ1) is 6.06. The van der Waals surface area contributed by atoms with E-state index in [4.69, 9.17) is 5.11 Å². The monoisotopic (exact) mass is 191 g/mol. The van der Waals surface area contributed by atoms with Gasteiger partial charge in [-0.2, -0.15) is 4.39 Å². The van der Waals surface area contributed by atoms with Gasteiger partial charge in [0.05, 0.1) is 6.61 Å². The molecule has 0 aliphatic carbocycles. The van der Waals surface area contributed by atoms with Crippen molar-refractivity contribution in [2.45, 2.75) is 20.0 Å². The summed E-state index contributed by atoms with van der Waals surface area (Å²) in [4.78, 5) is 3.03. The van der Waals surface area contributed by atoms with Crippen LogP contribution in [0.1, 0.15) is 23.2 Å². The third kappa shape index (κ3) is 1.98. The van der Waals surface area contributed by atoms with Crippen LogP contribution >= 0.6 is 0 Å². The van der Waals surface area contributed by atoms with Crippen LogP contribution in [-0.2, 0) is 6.61 Å². The van der Waals surface area contributed by atoms with Gasteiger partial charge in [0.2, 0.25) is 5.95 Å². The standard InChI is InChI=1S/C8H8F3NO/c1-4-2-6(7(9)10)12-8(11)5(4)3-13/h2,7,13H,3H2,1H3. The van der Waals surface area contributed by atoms with Gasteiger partial charge in [0.1, 0.15) is 5.69 Å². The predicted molar refractivity (Wildman–Crippen MR) is 39.8 cm³/mol. The molecule has 0 amide bonds. The van der Waals surface area contributed by atoms with Crippen molar-refractivity contribution >= 4 is 0 Å². The molecular formula is C8H8F3NO. The van der Waals surface area contributed by atoms with E-state index in [1.54, 1.807) is 0 Å². The van der Waals surface area contributed by atoms with Gasteiger partial charge in [0.25, 0.3) is 6.43 Å². The molecule has 0 atom stereocenters. The number of pyridine rings is 1. The fraction of sp³-hybridized carbons (Fsp3) is 0.375. The highest BCUT2D eigenvalue weighted by molar-refractivity contribution is 5.26. The summed E-state index contributed by atoms with van der Waals surface area (Å²) in [5.74, 6) is -1.03. The quantitative estimate of drug-likeness (QED) is 0.725. The van der Waals surface area contributed by atoms with Crippen molar-refractivity contribution < 1.29 is 18.3 Å². The molecule has 0 spiro atoms. The highest BCUT2D eigenvalue weighted by atomic mass is 19.3. The van der Waals surface area contributed by atoms with Gasteiger partial charge in [0, 0.05) is 5.56 Å². The van der Waals surface area contributed by atoms with Crippen molar-refractivity contribution in [3.05, 3.63) is 28.8 Å². The van der Waals surface area contributed by atoms with Crippen LogP contribution in [-0.4, -0.2) is 10.1 Å². The molecule has 0 radical (unpaired) electrons. The van der Waals surface area contributed by atoms with Gasteiger partial charge >= 0.3 is 0 Å². The number of rotatable bonds is 2. The Bertz CT molecular complexity index is 291. The number of hydrogen-bond acceptors (Lipinski definition) is 2. The van der Waals surface area contributed by atoms with Crippen LogP contribution in [0.4, 0.5) is 13.2 Å². The van der Waals surface area contributed by atoms with Crippen molar-refractivity contribution in [3.63, 3.8) is 0 Å². The second-order valence-electron chi connectivity index (χ2n) is 2.59. The molecule has 1 aromatic rings. The molecule has 1 aromatic heterocycles. The second-order valence-corrected chi connectivity index (χ2v) is 2.59. The molecule has 1 heterocycles. The van der Waals surface area contributed by atoms with Gasteiger partial charge in [0.15, 0.2) is 0 Å². The zero-order valence-corrected chi connectivity index (χ0v) is 6.89. The molecule has 1 N–H and O–H groups in total. The van der Waals surface area contributed by atoms with E-state index in [-0.39, 0.29) is 11.1 Å². The van der Waals surface area contributed by atoms with Crippen LogP contribution in [0.5, 0.6) is 0 Å². The van der Waals surface area contributed by atoms with E-state index in [9.17, 15) is 13.2 Å². The summed E-state index contributed by atoms with van der Waals surface area (Å²) in [5.41, 5.74) is -0.359. The first kappa shape index (κ1) is 9.98. The number of aryl methyl sites for hydroxylation is 1. The Kier molecular flexibility index (Phi) is 2.87. The van der Waals surface area contributed by atoms with Crippen LogP contribution in [0.15, 0.2) is 6.07 Å². The van der Waals surface area contributed by atoms with Crippen LogP contribution in [0.2, 0.25) is 0 Å². The van der Waals surface area contributed by atoms with E-state index in [1.807, 2.05) is 0 Å². The van der Waals surface area contributed by atoms with Gasteiger partial charge in [-0.1, -0.05) is 0 Å². The summed E-state index contributed by atoms with van der Waals surface area (Å²) in [6.07, 6.45) is -2.79. The Hall–Kier alpha value is -1.10. The van der Waals surface area contributed by atoms with Crippen molar-refractivity contribution in [1.29, 1.82) is 0 Å². The molecule has 0 bridgehead atoms. The first-order valence-corrected chi connectivity index (χ1v) is 3.61. The highest BCUT2D eigenvalue weighted by Crippen LogP contribution is 2.20. The maximum Gasteiger partial charge on any atom is 0.280 e. The molecular weight excluding hydrogens is 183 g/mol. The summed E-state index contributed by atoms with van der Waals surface area (Å²) in [5, 5.41) is 8.66. The van der Waals surface area contributed by atoms with Gasteiger partial charge < -0.3 is 5.11 Å². The Morgan fingerprint density at radius 3 is 2.54 bits per heavy atom. The number of nitrogens with zero attached hydrogens (tertiary/aromatic N) is 1. The van der Waals surface area contributed by atoms with Crippen LogP contribution in [0, 0.1) is 12.9 Å². The second kappa shape index (κ2) is 3.74. The van der Waals surface area contributed by atoms with Gasteiger partial charge in [-0.15, -0.1) is 0 Å². The lowest BCUT2D eigenvalue weighted by Gasteiger charge is -2.05. The van der Waals surface area contributed by atoms with E-state index < -0.39 is 24.7 Å². The van der Waals surface area contributed by atoms with E-state index in [0.29, 0.717) is 0 Å². The molecule has 2 nitrogen and oxygen atoms in total. The maximum atomic E-state index is 12.9. The van der Waals surface area contributed by atoms with Crippen molar-refractivity contribution in [3.8, 4) is 0 Å². The fourth-order valence-corrected chi connectivity index (χ4v) is 0.986. The van der Waals surface area contributed by atoms with Crippen molar-refractivity contribution in [2.24, 2.45) is 0 Å². The summed E-state index contributed by atoms with van der Waals surface area (Å²) in [6, 6.07) is 1.07. The predicted octanol–water partition coefficient (Wildman–Crippen LogP) is 1.96. The number of aliphatic hydroxyl groups excluding tert-OH is 1. The topological polar surface area (TPSA) is 33.1 Å². The first-order valence-electron chi connectivity index (χ1n) is 3.61. The zero-order chi connectivity index (χ0) is 10.0. The molecule has 0 saturated heterocycles. The number of hydrogen-bond donors (Lipinski definition) is 1. The Morgan fingerprint density at radius 1 is 1.54 bits per heavy atom. The van der Waals surface area contributed by atoms with Gasteiger partial charge in [-0.05, 0) is 18.6 Å². The SMILES string of the molecule is Cc1cc(C(F)F)nc(F)c1CO. The molecule has 5 heteroatoms. The van der Waals surface area contributed by atoms with E-state index >= 15 is 0 Å². The lowest BCUT2D eigenvalue weighted by atomic mass is 10.1. The van der Waals surface area contributed by atoms with Crippen LogP contribution < -0.4 is 0 Å². The molecule has 0 fully saturated rings.